The minimum Gasteiger partial charge on any atom is -0.493 e. The molecule has 0 atom stereocenters. The van der Waals surface area contributed by atoms with Crippen molar-refractivity contribution in [2.45, 2.75) is 13.1 Å². The fourth-order valence-electron chi connectivity index (χ4n) is 1.87. The number of carbonyl (C=O) groups excluding carboxylic acids is 1. The lowest BCUT2D eigenvalue weighted by molar-refractivity contribution is 0.0946. The number of carbonyl (C=O) groups is 1. The molecule has 0 radical (unpaired) electrons. The summed E-state index contributed by atoms with van der Waals surface area (Å²) >= 11 is 1.37. The second-order valence-electron chi connectivity index (χ2n) is 4.17. The maximum Gasteiger partial charge on any atom is 0.271 e. The maximum absolute atomic E-state index is 12.0. The molecule has 7 heteroatoms. The monoisotopic (exact) mass is 307 g/mol. The van der Waals surface area contributed by atoms with E-state index in [2.05, 4.69) is 10.3 Å². The highest BCUT2D eigenvalue weighted by atomic mass is 32.1. The zero-order valence-electron chi connectivity index (χ0n) is 11.9. The minimum atomic E-state index is -0.240. The van der Waals surface area contributed by atoms with Crippen LogP contribution < -0.4 is 20.5 Å². The molecule has 0 bridgehead atoms. The van der Waals surface area contributed by atoms with Gasteiger partial charge in [0.1, 0.15) is 10.7 Å². The van der Waals surface area contributed by atoms with E-state index in [4.69, 9.17) is 15.2 Å². The summed E-state index contributed by atoms with van der Waals surface area (Å²) in [6.45, 7) is 0.663. The van der Waals surface area contributed by atoms with Crippen molar-refractivity contribution in [3.05, 3.63) is 39.8 Å². The highest BCUT2D eigenvalue weighted by molar-refractivity contribution is 7.09. The Bertz CT molecular complexity index is 628. The number of nitrogens with zero attached hydrogens (tertiary/aromatic N) is 1. The lowest BCUT2D eigenvalue weighted by atomic mass is 10.2. The average molecular weight is 307 g/mol. The van der Waals surface area contributed by atoms with Crippen LogP contribution in [0.1, 0.15) is 21.1 Å². The van der Waals surface area contributed by atoms with E-state index in [9.17, 15) is 4.79 Å². The smallest absolute Gasteiger partial charge is 0.271 e. The summed E-state index contributed by atoms with van der Waals surface area (Å²) in [5, 5.41) is 5.24. The van der Waals surface area contributed by atoms with Crippen molar-refractivity contribution in [2.75, 3.05) is 14.2 Å². The van der Waals surface area contributed by atoms with E-state index in [0.29, 0.717) is 30.3 Å². The SMILES string of the molecule is COc1cccc(CNC(=O)c2csc(CN)n2)c1OC. The number of amides is 1. The molecule has 0 unspecified atom stereocenters. The van der Waals surface area contributed by atoms with Gasteiger partial charge < -0.3 is 20.5 Å². The van der Waals surface area contributed by atoms with Crippen LogP contribution in [-0.2, 0) is 13.1 Å². The largest absolute Gasteiger partial charge is 0.493 e. The first kappa shape index (κ1) is 15.3. The fraction of sp³-hybridized carbons (Fsp3) is 0.286. The first-order chi connectivity index (χ1) is 10.2. The maximum atomic E-state index is 12.0. The molecule has 1 heterocycles. The van der Waals surface area contributed by atoms with Crippen LogP contribution in [0.15, 0.2) is 23.6 Å². The van der Waals surface area contributed by atoms with Crippen molar-refractivity contribution < 1.29 is 14.3 Å². The van der Waals surface area contributed by atoms with E-state index in [1.54, 1.807) is 25.7 Å². The topological polar surface area (TPSA) is 86.5 Å². The molecule has 1 aromatic carbocycles. The van der Waals surface area contributed by atoms with Gasteiger partial charge >= 0.3 is 0 Å². The summed E-state index contributed by atoms with van der Waals surface area (Å²) in [6.07, 6.45) is 0. The number of ether oxygens (including phenoxy) is 2. The first-order valence-corrected chi connectivity index (χ1v) is 7.20. The normalized spacial score (nSPS) is 10.2. The van der Waals surface area contributed by atoms with Crippen LogP contribution in [0.3, 0.4) is 0 Å². The third-order valence-electron chi connectivity index (χ3n) is 2.88. The van der Waals surface area contributed by atoms with Crippen LogP contribution in [-0.4, -0.2) is 25.1 Å². The molecule has 2 rings (SSSR count). The Hall–Kier alpha value is -2.12. The number of methoxy groups -OCH3 is 2. The molecule has 1 amide bonds. The molecule has 0 spiro atoms. The van der Waals surface area contributed by atoms with Crippen molar-refractivity contribution in [1.82, 2.24) is 10.3 Å². The zero-order chi connectivity index (χ0) is 15.2. The van der Waals surface area contributed by atoms with Gasteiger partial charge in [0.15, 0.2) is 11.5 Å². The standard InChI is InChI=1S/C14H17N3O3S/c1-19-11-5-3-4-9(13(11)20-2)7-16-14(18)10-8-21-12(6-15)17-10/h3-5,8H,6-7,15H2,1-2H3,(H,16,18). The van der Waals surface area contributed by atoms with E-state index < -0.39 is 0 Å². The molecule has 0 aliphatic rings. The molecule has 112 valence electrons. The number of nitrogens with one attached hydrogen (secondary N) is 1. The average Bonchev–Trinajstić information content (AvgIpc) is 3.01. The minimum absolute atomic E-state index is 0.240. The van der Waals surface area contributed by atoms with Gasteiger partial charge in [-0.15, -0.1) is 11.3 Å². The van der Waals surface area contributed by atoms with Gasteiger partial charge in [-0.3, -0.25) is 4.79 Å². The van der Waals surface area contributed by atoms with Crippen LogP contribution in [0.5, 0.6) is 11.5 Å². The van der Waals surface area contributed by atoms with E-state index in [-0.39, 0.29) is 5.91 Å². The van der Waals surface area contributed by atoms with Crippen molar-refractivity contribution in [3.63, 3.8) is 0 Å². The second-order valence-corrected chi connectivity index (χ2v) is 5.11. The number of hydrogen-bond acceptors (Lipinski definition) is 6. The van der Waals surface area contributed by atoms with Crippen LogP contribution in [0.4, 0.5) is 0 Å². The lowest BCUT2D eigenvalue weighted by Gasteiger charge is -2.12. The van der Waals surface area contributed by atoms with Gasteiger partial charge in [-0.1, -0.05) is 12.1 Å². The molecule has 0 aliphatic heterocycles. The summed E-state index contributed by atoms with van der Waals surface area (Å²) in [5.41, 5.74) is 6.69. The molecular formula is C14H17N3O3S. The molecule has 2 aromatic rings. The Balaban J connectivity index is 2.07. The van der Waals surface area contributed by atoms with Crippen molar-refractivity contribution in [2.24, 2.45) is 5.73 Å². The molecule has 0 aliphatic carbocycles. The number of benzene rings is 1. The van der Waals surface area contributed by atoms with Crippen LogP contribution in [0, 0.1) is 0 Å². The van der Waals surface area contributed by atoms with Crippen molar-refractivity contribution in [1.29, 1.82) is 0 Å². The first-order valence-electron chi connectivity index (χ1n) is 6.32. The van der Waals surface area contributed by atoms with E-state index >= 15 is 0 Å². The van der Waals surface area contributed by atoms with Gasteiger partial charge in [0.25, 0.3) is 5.91 Å². The van der Waals surface area contributed by atoms with Crippen LogP contribution in [0.25, 0.3) is 0 Å². The summed E-state index contributed by atoms with van der Waals surface area (Å²) in [6, 6.07) is 5.52. The van der Waals surface area contributed by atoms with E-state index in [1.807, 2.05) is 12.1 Å². The molecule has 21 heavy (non-hydrogen) atoms. The molecule has 0 fully saturated rings. The van der Waals surface area contributed by atoms with Gasteiger partial charge in [-0.05, 0) is 6.07 Å². The predicted molar refractivity (Wildman–Crippen MR) is 80.7 cm³/mol. The molecule has 0 saturated heterocycles. The molecule has 6 nitrogen and oxygen atoms in total. The molecule has 0 saturated carbocycles. The van der Waals surface area contributed by atoms with Gasteiger partial charge in [-0.2, -0.15) is 0 Å². The summed E-state index contributed by atoms with van der Waals surface area (Å²) < 4.78 is 10.5. The van der Waals surface area contributed by atoms with Gasteiger partial charge in [0.05, 0.1) is 14.2 Å². The van der Waals surface area contributed by atoms with E-state index in [1.165, 1.54) is 11.3 Å². The van der Waals surface area contributed by atoms with Crippen molar-refractivity contribution >= 4 is 17.2 Å². The summed E-state index contributed by atoms with van der Waals surface area (Å²) in [7, 11) is 3.14. The zero-order valence-corrected chi connectivity index (χ0v) is 12.7. The quantitative estimate of drug-likeness (QED) is 0.845. The molecule has 1 aromatic heterocycles. The third kappa shape index (κ3) is 3.50. The number of hydrogen-bond donors (Lipinski definition) is 2. The Morgan fingerprint density at radius 1 is 1.38 bits per heavy atom. The predicted octanol–water partition coefficient (Wildman–Crippen LogP) is 1.55. The fourth-order valence-corrected chi connectivity index (χ4v) is 2.52. The molecular weight excluding hydrogens is 290 g/mol. The number of para-hydroxylation sites is 1. The van der Waals surface area contributed by atoms with Gasteiger partial charge in [0.2, 0.25) is 0 Å². The number of aromatic nitrogens is 1. The van der Waals surface area contributed by atoms with Gasteiger partial charge in [0, 0.05) is 24.0 Å². The highest BCUT2D eigenvalue weighted by Crippen LogP contribution is 2.30. The Morgan fingerprint density at radius 3 is 2.81 bits per heavy atom. The Kier molecular flexibility index (Phi) is 5.13. The lowest BCUT2D eigenvalue weighted by Crippen LogP contribution is -2.23. The number of rotatable bonds is 6. The number of thiazole rings is 1. The summed E-state index contributed by atoms with van der Waals surface area (Å²) in [5.74, 6) is 1.00. The second kappa shape index (κ2) is 7.05. The third-order valence-corrected chi connectivity index (χ3v) is 3.75. The highest BCUT2D eigenvalue weighted by Gasteiger charge is 2.13. The van der Waals surface area contributed by atoms with Gasteiger partial charge in [-0.25, -0.2) is 4.98 Å². The summed E-state index contributed by atoms with van der Waals surface area (Å²) in [4.78, 5) is 16.2. The van der Waals surface area contributed by atoms with Crippen LogP contribution >= 0.6 is 11.3 Å². The number of nitrogens with two attached hydrogens (primary N) is 1. The van der Waals surface area contributed by atoms with Crippen LogP contribution in [0.2, 0.25) is 0 Å². The van der Waals surface area contributed by atoms with E-state index in [0.717, 1.165) is 10.6 Å². The Morgan fingerprint density at radius 2 is 2.19 bits per heavy atom. The Labute approximate surface area is 126 Å². The molecule has 3 N–H and O–H groups in total. The van der Waals surface area contributed by atoms with Crippen molar-refractivity contribution in [3.8, 4) is 11.5 Å².